The van der Waals surface area contributed by atoms with Crippen LogP contribution in [-0.2, 0) is 11.3 Å². The molecule has 0 saturated heterocycles. The van der Waals surface area contributed by atoms with Crippen molar-refractivity contribution in [2.45, 2.75) is 26.8 Å². The quantitative estimate of drug-likeness (QED) is 0.671. The molecule has 0 radical (unpaired) electrons. The van der Waals surface area contributed by atoms with Gasteiger partial charge in [-0.2, -0.15) is 5.26 Å². The Labute approximate surface area is 125 Å². The summed E-state index contributed by atoms with van der Waals surface area (Å²) in [5, 5.41) is 15.1. The molecule has 1 aromatic heterocycles. The summed E-state index contributed by atoms with van der Waals surface area (Å²) in [7, 11) is 1.70. The van der Waals surface area contributed by atoms with Crippen LogP contribution >= 0.6 is 11.3 Å². The second-order valence-electron chi connectivity index (χ2n) is 5.04. The Hall–Kier alpha value is -1.16. The number of ether oxygens (including phenoxy) is 1. The Morgan fingerprint density at radius 1 is 1.55 bits per heavy atom. The van der Waals surface area contributed by atoms with Gasteiger partial charge in [0.15, 0.2) is 5.13 Å². The number of hydrogen-bond acceptors (Lipinski definition) is 6. The fourth-order valence-corrected chi connectivity index (χ4v) is 2.67. The molecule has 0 amide bonds. The molecule has 20 heavy (non-hydrogen) atoms. The number of aromatic nitrogens is 1. The lowest BCUT2D eigenvalue weighted by molar-refractivity contribution is 0.199. The molecule has 0 fully saturated rings. The predicted molar refractivity (Wildman–Crippen MR) is 83.0 cm³/mol. The second-order valence-corrected chi connectivity index (χ2v) is 5.88. The highest BCUT2D eigenvalue weighted by atomic mass is 32.1. The zero-order chi connectivity index (χ0) is 14.8. The third kappa shape index (κ3) is 6.33. The van der Waals surface area contributed by atoms with E-state index < -0.39 is 0 Å². The number of anilines is 1. The Morgan fingerprint density at radius 2 is 2.35 bits per heavy atom. The van der Waals surface area contributed by atoms with Crippen LogP contribution in [0.5, 0.6) is 0 Å². The standard InChI is InChI=1S/C14H24N4OS/c1-12(2)10-18(7-4-5-15)14-17-13(11-20-14)9-16-6-8-19-3/h11-12,16H,4,6-10H2,1-3H3. The summed E-state index contributed by atoms with van der Waals surface area (Å²) in [4.78, 5) is 6.85. The largest absolute Gasteiger partial charge is 0.383 e. The van der Waals surface area contributed by atoms with Crippen molar-refractivity contribution in [2.24, 2.45) is 5.92 Å². The molecule has 1 aromatic rings. The SMILES string of the molecule is COCCNCc1csc(N(CCC#N)CC(C)C)n1. The zero-order valence-electron chi connectivity index (χ0n) is 12.6. The summed E-state index contributed by atoms with van der Waals surface area (Å²) >= 11 is 1.65. The Kier molecular flexibility index (Phi) is 8.19. The monoisotopic (exact) mass is 296 g/mol. The first-order valence-electron chi connectivity index (χ1n) is 6.93. The molecule has 1 N–H and O–H groups in total. The van der Waals surface area contributed by atoms with Gasteiger partial charge in [-0.15, -0.1) is 11.3 Å². The van der Waals surface area contributed by atoms with Crippen molar-refractivity contribution < 1.29 is 4.74 Å². The molecule has 0 saturated carbocycles. The predicted octanol–water partition coefficient (Wildman–Crippen LogP) is 2.26. The van der Waals surface area contributed by atoms with Crippen molar-refractivity contribution in [3.8, 4) is 6.07 Å². The number of nitrogens with one attached hydrogen (secondary N) is 1. The molecule has 0 aliphatic rings. The highest BCUT2D eigenvalue weighted by molar-refractivity contribution is 7.13. The molecule has 6 heteroatoms. The van der Waals surface area contributed by atoms with E-state index in [9.17, 15) is 0 Å². The van der Waals surface area contributed by atoms with E-state index in [1.165, 1.54) is 0 Å². The minimum atomic E-state index is 0.535. The maximum absolute atomic E-state index is 8.75. The molecule has 1 rings (SSSR count). The summed E-state index contributed by atoms with van der Waals surface area (Å²) in [6, 6.07) is 2.21. The fourth-order valence-electron chi connectivity index (χ4n) is 1.80. The fraction of sp³-hybridized carbons (Fsp3) is 0.714. The van der Waals surface area contributed by atoms with Crippen LogP contribution in [0.15, 0.2) is 5.38 Å². The number of thiazole rings is 1. The highest BCUT2D eigenvalue weighted by Crippen LogP contribution is 2.21. The minimum absolute atomic E-state index is 0.535. The summed E-state index contributed by atoms with van der Waals surface area (Å²) < 4.78 is 4.99. The lowest BCUT2D eigenvalue weighted by Gasteiger charge is -2.22. The summed E-state index contributed by atoms with van der Waals surface area (Å²) in [5.74, 6) is 0.556. The van der Waals surface area contributed by atoms with Crippen LogP contribution in [-0.4, -0.2) is 38.3 Å². The maximum atomic E-state index is 8.75. The van der Waals surface area contributed by atoms with E-state index in [-0.39, 0.29) is 0 Å². The summed E-state index contributed by atoms with van der Waals surface area (Å²) in [6.07, 6.45) is 0.535. The third-order valence-electron chi connectivity index (χ3n) is 2.68. The normalized spacial score (nSPS) is 10.8. The van der Waals surface area contributed by atoms with Crippen LogP contribution in [0, 0.1) is 17.2 Å². The highest BCUT2D eigenvalue weighted by Gasteiger charge is 2.12. The minimum Gasteiger partial charge on any atom is -0.383 e. The van der Waals surface area contributed by atoms with Crippen LogP contribution in [0.4, 0.5) is 5.13 Å². The van der Waals surface area contributed by atoms with Crippen molar-refractivity contribution in [1.29, 1.82) is 5.26 Å². The Balaban J connectivity index is 2.54. The van der Waals surface area contributed by atoms with Gasteiger partial charge in [-0.25, -0.2) is 4.98 Å². The molecule has 0 unspecified atom stereocenters. The second kappa shape index (κ2) is 9.70. The van der Waals surface area contributed by atoms with E-state index in [1.807, 2.05) is 0 Å². The molecule has 1 heterocycles. The van der Waals surface area contributed by atoms with Crippen molar-refractivity contribution in [2.75, 3.05) is 38.3 Å². The molecule has 0 spiro atoms. The van der Waals surface area contributed by atoms with Crippen molar-refractivity contribution in [1.82, 2.24) is 10.3 Å². The smallest absolute Gasteiger partial charge is 0.185 e. The number of rotatable bonds is 10. The van der Waals surface area contributed by atoms with Crippen LogP contribution < -0.4 is 10.2 Å². The summed E-state index contributed by atoms with van der Waals surface area (Å²) in [5.41, 5.74) is 1.05. The van der Waals surface area contributed by atoms with Crippen LogP contribution in [0.1, 0.15) is 26.0 Å². The van der Waals surface area contributed by atoms with Gasteiger partial charge in [0.1, 0.15) is 0 Å². The van der Waals surface area contributed by atoms with Gasteiger partial charge < -0.3 is 15.0 Å². The van der Waals surface area contributed by atoms with Crippen molar-refractivity contribution in [3.63, 3.8) is 0 Å². The Morgan fingerprint density at radius 3 is 3.00 bits per heavy atom. The molecule has 5 nitrogen and oxygen atoms in total. The van der Waals surface area contributed by atoms with Crippen molar-refractivity contribution in [3.05, 3.63) is 11.1 Å². The molecule has 0 bridgehead atoms. The van der Waals surface area contributed by atoms with E-state index in [0.717, 1.165) is 37.0 Å². The average Bonchev–Trinajstić information content (AvgIpc) is 2.88. The van der Waals surface area contributed by atoms with E-state index in [0.29, 0.717) is 18.9 Å². The van der Waals surface area contributed by atoms with Crippen LogP contribution in [0.3, 0.4) is 0 Å². The molecule has 112 valence electrons. The van der Waals surface area contributed by atoms with Crippen LogP contribution in [0.2, 0.25) is 0 Å². The van der Waals surface area contributed by atoms with E-state index >= 15 is 0 Å². The molecular formula is C14H24N4OS. The lowest BCUT2D eigenvalue weighted by atomic mass is 10.2. The topological polar surface area (TPSA) is 61.2 Å². The third-order valence-corrected chi connectivity index (χ3v) is 3.63. The van der Waals surface area contributed by atoms with Gasteiger partial charge in [0, 0.05) is 38.7 Å². The molecule has 0 aliphatic carbocycles. The number of methoxy groups -OCH3 is 1. The van der Waals surface area contributed by atoms with Gasteiger partial charge in [-0.05, 0) is 5.92 Å². The zero-order valence-corrected chi connectivity index (χ0v) is 13.4. The first-order valence-corrected chi connectivity index (χ1v) is 7.81. The van der Waals surface area contributed by atoms with Gasteiger partial charge in [0.2, 0.25) is 0 Å². The van der Waals surface area contributed by atoms with Crippen molar-refractivity contribution >= 4 is 16.5 Å². The molecular weight excluding hydrogens is 272 g/mol. The average molecular weight is 296 g/mol. The van der Waals surface area contributed by atoms with Gasteiger partial charge in [0.25, 0.3) is 0 Å². The molecule has 0 atom stereocenters. The van der Waals surface area contributed by atoms with Gasteiger partial charge in [-0.1, -0.05) is 13.8 Å². The van der Waals surface area contributed by atoms with Crippen LogP contribution in [0.25, 0.3) is 0 Å². The number of nitrogens with zero attached hydrogens (tertiary/aromatic N) is 3. The Bertz CT molecular complexity index is 414. The van der Waals surface area contributed by atoms with Gasteiger partial charge in [-0.3, -0.25) is 0 Å². The van der Waals surface area contributed by atoms with E-state index in [4.69, 9.17) is 10.00 Å². The maximum Gasteiger partial charge on any atom is 0.185 e. The molecule has 0 aliphatic heterocycles. The van der Waals surface area contributed by atoms with E-state index in [2.05, 4.69) is 40.5 Å². The molecule has 0 aromatic carbocycles. The summed E-state index contributed by atoms with van der Waals surface area (Å²) in [6.45, 7) is 8.34. The number of nitriles is 1. The van der Waals surface area contributed by atoms with E-state index in [1.54, 1.807) is 18.4 Å². The van der Waals surface area contributed by atoms with Gasteiger partial charge in [0.05, 0.1) is 24.8 Å². The first-order chi connectivity index (χ1) is 9.67. The lowest BCUT2D eigenvalue weighted by Crippen LogP contribution is -2.28. The number of hydrogen-bond donors (Lipinski definition) is 1. The van der Waals surface area contributed by atoms with Gasteiger partial charge >= 0.3 is 0 Å². The first kappa shape index (κ1) is 16.9.